The quantitative estimate of drug-likeness (QED) is 0.544. The second kappa shape index (κ2) is 4.69. The highest BCUT2D eigenvalue weighted by Gasteiger charge is 2.84. The fourth-order valence-corrected chi connectivity index (χ4v) is 4.49. The van der Waals surface area contributed by atoms with Crippen molar-refractivity contribution in [2.75, 3.05) is 0 Å². The fourth-order valence-electron chi connectivity index (χ4n) is 4.49. The minimum Gasteiger partial charge on any atom is -0.481 e. The zero-order valence-electron chi connectivity index (χ0n) is 12.2. The van der Waals surface area contributed by atoms with E-state index in [2.05, 4.69) is 0 Å². The SMILES string of the molecule is CC(C)C[C@H](C(=O)O)C1(N)CCC2C(C(=O)O)C21C(N)=O. The third-order valence-corrected chi connectivity index (χ3v) is 5.31. The number of aliphatic carboxylic acids is 2. The van der Waals surface area contributed by atoms with Crippen LogP contribution in [0.15, 0.2) is 0 Å². The summed E-state index contributed by atoms with van der Waals surface area (Å²) in [5.41, 5.74) is 9.02. The van der Waals surface area contributed by atoms with Gasteiger partial charge in [0.1, 0.15) is 0 Å². The van der Waals surface area contributed by atoms with Gasteiger partial charge in [0, 0.05) is 5.54 Å². The van der Waals surface area contributed by atoms with Gasteiger partial charge in [0.15, 0.2) is 0 Å². The summed E-state index contributed by atoms with van der Waals surface area (Å²) < 4.78 is 0. The molecule has 0 heterocycles. The number of hydrogen-bond acceptors (Lipinski definition) is 4. The number of primary amides is 1. The Morgan fingerprint density at radius 3 is 2.19 bits per heavy atom. The van der Waals surface area contributed by atoms with Gasteiger partial charge >= 0.3 is 11.9 Å². The van der Waals surface area contributed by atoms with Crippen molar-refractivity contribution in [2.24, 2.45) is 40.6 Å². The molecule has 0 bridgehead atoms. The summed E-state index contributed by atoms with van der Waals surface area (Å²) in [5.74, 6) is -5.30. The van der Waals surface area contributed by atoms with Crippen LogP contribution >= 0.6 is 0 Å². The van der Waals surface area contributed by atoms with Gasteiger partial charge in [-0.3, -0.25) is 14.4 Å². The van der Waals surface area contributed by atoms with Gasteiger partial charge in [-0.05, 0) is 31.1 Å². The van der Waals surface area contributed by atoms with Crippen LogP contribution < -0.4 is 11.5 Å². The van der Waals surface area contributed by atoms with E-state index < -0.39 is 46.6 Å². The summed E-state index contributed by atoms with van der Waals surface area (Å²) in [7, 11) is 0. The van der Waals surface area contributed by atoms with E-state index >= 15 is 0 Å². The minimum atomic E-state index is -1.42. The summed E-state index contributed by atoms with van der Waals surface area (Å²) >= 11 is 0. The standard InChI is InChI=1S/C14H22N2O5/c1-6(2)5-8(10(17)18)13(16)4-3-7-9(11(19)20)14(7,13)12(15)21/h6-9H,3-5,16H2,1-2H3,(H2,15,21)(H,17,18)(H,19,20)/t7?,8-,9?,13?,14?/m1/s1. The molecular formula is C14H22N2O5. The van der Waals surface area contributed by atoms with Crippen LogP contribution in [0.4, 0.5) is 0 Å². The molecule has 2 rings (SSSR count). The van der Waals surface area contributed by atoms with E-state index in [0.717, 1.165) is 0 Å². The maximum absolute atomic E-state index is 12.0. The molecule has 0 aromatic rings. The summed E-state index contributed by atoms with van der Waals surface area (Å²) in [5, 5.41) is 18.8. The molecule has 2 fully saturated rings. The summed E-state index contributed by atoms with van der Waals surface area (Å²) in [6.07, 6.45) is 1.03. The van der Waals surface area contributed by atoms with Crippen molar-refractivity contribution in [3.63, 3.8) is 0 Å². The van der Waals surface area contributed by atoms with E-state index in [1.165, 1.54) is 0 Å². The van der Waals surface area contributed by atoms with Crippen molar-refractivity contribution in [3.8, 4) is 0 Å². The van der Waals surface area contributed by atoms with Crippen molar-refractivity contribution in [1.29, 1.82) is 0 Å². The molecule has 0 saturated heterocycles. The van der Waals surface area contributed by atoms with E-state index in [9.17, 15) is 24.6 Å². The van der Waals surface area contributed by atoms with Gasteiger partial charge in [-0.1, -0.05) is 13.8 Å². The van der Waals surface area contributed by atoms with Crippen LogP contribution in [-0.4, -0.2) is 33.6 Å². The first kappa shape index (κ1) is 15.8. The van der Waals surface area contributed by atoms with Crippen LogP contribution in [0, 0.1) is 29.1 Å². The number of nitrogens with two attached hydrogens (primary N) is 2. The zero-order chi connectivity index (χ0) is 16.2. The summed E-state index contributed by atoms with van der Waals surface area (Å²) in [6, 6.07) is 0. The van der Waals surface area contributed by atoms with E-state index in [-0.39, 0.29) is 5.92 Å². The molecule has 7 nitrogen and oxygen atoms in total. The van der Waals surface area contributed by atoms with Crippen LogP contribution in [0.5, 0.6) is 0 Å². The first-order chi connectivity index (χ1) is 9.60. The lowest BCUT2D eigenvalue weighted by molar-refractivity contribution is -0.150. The van der Waals surface area contributed by atoms with Crippen molar-refractivity contribution < 1.29 is 24.6 Å². The second-order valence-electron chi connectivity index (χ2n) is 6.76. The predicted molar refractivity (Wildman–Crippen MR) is 73.0 cm³/mol. The maximum Gasteiger partial charge on any atom is 0.308 e. The van der Waals surface area contributed by atoms with E-state index in [1.54, 1.807) is 0 Å². The molecule has 0 spiro atoms. The van der Waals surface area contributed by atoms with Crippen molar-refractivity contribution >= 4 is 17.8 Å². The fraction of sp³-hybridized carbons (Fsp3) is 0.786. The summed E-state index contributed by atoms with van der Waals surface area (Å²) in [6.45, 7) is 3.73. The van der Waals surface area contributed by atoms with Crippen LogP contribution in [0.25, 0.3) is 0 Å². The van der Waals surface area contributed by atoms with Gasteiger partial charge in [0.25, 0.3) is 0 Å². The van der Waals surface area contributed by atoms with Crippen molar-refractivity contribution in [3.05, 3.63) is 0 Å². The monoisotopic (exact) mass is 298 g/mol. The second-order valence-corrected chi connectivity index (χ2v) is 6.76. The van der Waals surface area contributed by atoms with E-state index in [1.807, 2.05) is 13.8 Å². The molecule has 7 heteroatoms. The Labute approximate surface area is 122 Å². The molecule has 4 unspecified atom stereocenters. The first-order valence-corrected chi connectivity index (χ1v) is 7.15. The van der Waals surface area contributed by atoms with Gasteiger partial charge in [0.05, 0.1) is 17.3 Å². The highest BCUT2D eigenvalue weighted by atomic mass is 16.4. The van der Waals surface area contributed by atoms with Crippen LogP contribution in [0.1, 0.15) is 33.1 Å². The molecule has 1 amide bonds. The Kier molecular flexibility index (Phi) is 3.52. The molecule has 2 aliphatic rings. The van der Waals surface area contributed by atoms with Gasteiger partial charge in [0.2, 0.25) is 5.91 Å². The van der Waals surface area contributed by atoms with Gasteiger partial charge in [-0.15, -0.1) is 0 Å². The Morgan fingerprint density at radius 2 is 1.86 bits per heavy atom. The number of rotatable bonds is 6. The third-order valence-electron chi connectivity index (χ3n) is 5.31. The molecule has 5 atom stereocenters. The lowest BCUT2D eigenvalue weighted by atomic mass is 9.68. The largest absolute Gasteiger partial charge is 0.481 e. The number of carboxylic acids is 2. The zero-order valence-corrected chi connectivity index (χ0v) is 12.2. The Balaban J connectivity index is 2.47. The lowest BCUT2D eigenvalue weighted by Crippen LogP contribution is -2.61. The highest BCUT2D eigenvalue weighted by Crippen LogP contribution is 2.73. The number of fused-ring (bicyclic) bond motifs is 1. The number of amides is 1. The predicted octanol–water partition coefficient (Wildman–Crippen LogP) is 0.0269. The lowest BCUT2D eigenvalue weighted by Gasteiger charge is -2.39. The molecular weight excluding hydrogens is 276 g/mol. The molecule has 6 N–H and O–H groups in total. The third kappa shape index (κ3) is 1.87. The molecule has 0 aromatic carbocycles. The van der Waals surface area contributed by atoms with E-state index in [4.69, 9.17) is 11.5 Å². The Morgan fingerprint density at radius 1 is 1.29 bits per heavy atom. The number of carbonyl (C=O) groups is 3. The Hall–Kier alpha value is -1.63. The normalized spacial score (nSPS) is 38.9. The number of carbonyl (C=O) groups excluding carboxylic acids is 1. The molecule has 0 aliphatic heterocycles. The topological polar surface area (TPSA) is 144 Å². The average molecular weight is 298 g/mol. The number of hydrogen-bond donors (Lipinski definition) is 4. The van der Waals surface area contributed by atoms with Gasteiger partial charge in [-0.2, -0.15) is 0 Å². The molecule has 0 radical (unpaired) electrons. The van der Waals surface area contributed by atoms with Crippen molar-refractivity contribution in [1.82, 2.24) is 0 Å². The number of carboxylic acid groups (broad SMARTS) is 2. The van der Waals surface area contributed by atoms with Gasteiger partial charge < -0.3 is 21.7 Å². The molecule has 21 heavy (non-hydrogen) atoms. The van der Waals surface area contributed by atoms with Gasteiger partial charge in [-0.25, -0.2) is 0 Å². The molecule has 2 aliphatic carbocycles. The van der Waals surface area contributed by atoms with E-state index in [0.29, 0.717) is 19.3 Å². The first-order valence-electron chi connectivity index (χ1n) is 7.15. The molecule has 0 aromatic heterocycles. The van der Waals surface area contributed by atoms with Crippen LogP contribution in [0.2, 0.25) is 0 Å². The maximum atomic E-state index is 12.0. The molecule has 2 saturated carbocycles. The minimum absolute atomic E-state index is 0.0672. The smallest absolute Gasteiger partial charge is 0.308 e. The van der Waals surface area contributed by atoms with Crippen LogP contribution in [-0.2, 0) is 14.4 Å². The molecule has 118 valence electrons. The highest BCUT2D eigenvalue weighted by molar-refractivity contribution is 5.96. The van der Waals surface area contributed by atoms with Crippen LogP contribution in [0.3, 0.4) is 0 Å². The Bertz CT molecular complexity index is 506. The van der Waals surface area contributed by atoms with Crippen molar-refractivity contribution in [2.45, 2.75) is 38.6 Å². The average Bonchev–Trinajstić information content (AvgIpc) is 2.95. The summed E-state index contributed by atoms with van der Waals surface area (Å²) in [4.78, 5) is 35.0.